The monoisotopic (exact) mass is 324 g/mol. The third-order valence-electron chi connectivity index (χ3n) is 3.21. The number of likely N-dealkylation sites (tertiary alicyclic amines) is 1. The van der Waals surface area contributed by atoms with E-state index in [9.17, 15) is 5.11 Å². The van der Waals surface area contributed by atoms with Crippen molar-refractivity contribution in [1.29, 1.82) is 5.26 Å². The van der Waals surface area contributed by atoms with Gasteiger partial charge in [0.15, 0.2) is 0 Å². The predicted molar refractivity (Wildman–Crippen MR) is 76.0 cm³/mol. The van der Waals surface area contributed by atoms with Gasteiger partial charge in [0.1, 0.15) is 17.4 Å². The maximum atomic E-state index is 9.42. The molecule has 1 fully saturated rings. The largest absolute Gasteiger partial charge is 0.492 e. The molecule has 1 N–H and O–H groups in total. The Hall–Kier alpha value is -1.09. The molecule has 1 aromatic carbocycles. The zero-order chi connectivity index (χ0) is 13.7. The van der Waals surface area contributed by atoms with Crippen LogP contribution in [0.25, 0.3) is 0 Å². The summed E-state index contributed by atoms with van der Waals surface area (Å²) in [6.45, 7) is 3.23. The van der Waals surface area contributed by atoms with E-state index in [1.165, 1.54) is 0 Å². The van der Waals surface area contributed by atoms with Gasteiger partial charge in [-0.05, 0) is 40.9 Å². The molecular formula is C14H17BrN2O2. The Morgan fingerprint density at radius 1 is 1.53 bits per heavy atom. The van der Waals surface area contributed by atoms with Crippen molar-refractivity contribution in [2.75, 3.05) is 26.2 Å². The third-order valence-corrected chi connectivity index (χ3v) is 3.87. The fourth-order valence-electron chi connectivity index (χ4n) is 2.22. The van der Waals surface area contributed by atoms with Crippen molar-refractivity contribution in [1.82, 2.24) is 4.90 Å². The predicted octanol–water partition coefficient (Wildman–Crippen LogP) is 2.16. The second-order valence-corrected chi connectivity index (χ2v) is 5.52. The lowest BCUT2D eigenvalue weighted by Gasteiger charge is -2.15. The van der Waals surface area contributed by atoms with Crippen LogP contribution < -0.4 is 4.74 Å². The number of halogens is 1. The van der Waals surface area contributed by atoms with Gasteiger partial charge in [-0.2, -0.15) is 5.26 Å². The molecule has 4 nitrogen and oxygen atoms in total. The molecule has 1 aliphatic heterocycles. The minimum Gasteiger partial charge on any atom is -0.492 e. The maximum absolute atomic E-state index is 9.42. The van der Waals surface area contributed by atoms with Gasteiger partial charge in [-0.1, -0.05) is 6.07 Å². The van der Waals surface area contributed by atoms with Crippen LogP contribution in [-0.2, 0) is 0 Å². The number of ether oxygens (including phenoxy) is 1. The lowest BCUT2D eigenvalue weighted by molar-refractivity contribution is 0.173. The van der Waals surface area contributed by atoms with Crippen LogP contribution in [0.4, 0.5) is 0 Å². The SMILES string of the molecule is N#Cc1c(Br)cccc1OCCCN1CCC(O)C1. The topological polar surface area (TPSA) is 56.5 Å². The van der Waals surface area contributed by atoms with Gasteiger partial charge in [0.05, 0.1) is 12.7 Å². The van der Waals surface area contributed by atoms with Gasteiger partial charge < -0.3 is 14.7 Å². The summed E-state index contributed by atoms with van der Waals surface area (Å²) in [5.41, 5.74) is 0.541. The van der Waals surface area contributed by atoms with E-state index in [1.807, 2.05) is 18.2 Å². The highest BCUT2D eigenvalue weighted by Crippen LogP contribution is 2.25. The lowest BCUT2D eigenvalue weighted by atomic mass is 10.2. The zero-order valence-corrected chi connectivity index (χ0v) is 12.3. The molecule has 5 heteroatoms. The van der Waals surface area contributed by atoms with Gasteiger partial charge >= 0.3 is 0 Å². The van der Waals surface area contributed by atoms with Crippen LogP contribution in [0.5, 0.6) is 5.75 Å². The highest BCUT2D eigenvalue weighted by molar-refractivity contribution is 9.10. The Kier molecular flexibility index (Phi) is 5.20. The summed E-state index contributed by atoms with van der Waals surface area (Å²) in [6.07, 6.45) is 1.59. The van der Waals surface area contributed by atoms with Gasteiger partial charge in [0, 0.05) is 24.1 Å². The summed E-state index contributed by atoms with van der Waals surface area (Å²) in [6, 6.07) is 7.63. The summed E-state index contributed by atoms with van der Waals surface area (Å²) in [7, 11) is 0. The van der Waals surface area contributed by atoms with Gasteiger partial charge in [-0.15, -0.1) is 0 Å². The molecule has 1 aliphatic rings. The Balaban J connectivity index is 1.77. The number of β-amino-alcohol motifs (C(OH)–C–C–N with tert-alkyl or cyclic N) is 1. The smallest absolute Gasteiger partial charge is 0.138 e. The number of aliphatic hydroxyl groups excluding tert-OH is 1. The molecule has 0 spiro atoms. The van der Waals surface area contributed by atoms with Crippen molar-refractivity contribution in [3.05, 3.63) is 28.2 Å². The molecule has 1 unspecified atom stereocenters. The molecule has 1 heterocycles. The average molecular weight is 325 g/mol. The van der Waals surface area contributed by atoms with Gasteiger partial charge in [0.25, 0.3) is 0 Å². The molecule has 0 radical (unpaired) electrons. The molecular weight excluding hydrogens is 308 g/mol. The first kappa shape index (κ1) is 14.3. The van der Waals surface area contributed by atoms with Crippen molar-refractivity contribution < 1.29 is 9.84 Å². The number of benzene rings is 1. The Morgan fingerprint density at radius 3 is 3.05 bits per heavy atom. The van der Waals surface area contributed by atoms with E-state index in [2.05, 4.69) is 26.9 Å². The first-order chi connectivity index (χ1) is 9.20. The van der Waals surface area contributed by atoms with Crippen molar-refractivity contribution in [2.45, 2.75) is 18.9 Å². The third kappa shape index (κ3) is 3.93. The molecule has 1 aromatic rings. The second kappa shape index (κ2) is 6.90. The van der Waals surface area contributed by atoms with E-state index in [1.54, 1.807) is 0 Å². The van der Waals surface area contributed by atoms with E-state index in [0.717, 1.165) is 36.9 Å². The fraction of sp³-hybridized carbons (Fsp3) is 0.500. The standard InChI is InChI=1S/C14H17BrN2O2/c15-13-3-1-4-14(12(13)9-16)19-8-2-6-17-7-5-11(18)10-17/h1,3-4,11,18H,2,5-8,10H2. The number of hydrogen-bond donors (Lipinski definition) is 1. The van der Waals surface area contributed by atoms with Crippen molar-refractivity contribution >= 4 is 15.9 Å². The highest BCUT2D eigenvalue weighted by atomic mass is 79.9. The molecule has 102 valence electrons. The average Bonchev–Trinajstić information content (AvgIpc) is 2.81. The van der Waals surface area contributed by atoms with Crippen LogP contribution in [0.3, 0.4) is 0 Å². The minimum absolute atomic E-state index is 0.170. The van der Waals surface area contributed by atoms with Crippen molar-refractivity contribution in [3.63, 3.8) is 0 Å². The molecule has 0 aliphatic carbocycles. The number of rotatable bonds is 5. The molecule has 1 saturated heterocycles. The first-order valence-corrected chi connectivity index (χ1v) is 7.22. The zero-order valence-electron chi connectivity index (χ0n) is 10.7. The Labute approximate surface area is 121 Å². The molecule has 1 atom stereocenters. The fourth-order valence-corrected chi connectivity index (χ4v) is 2.66. The maximum Gasteiger partial charge on any atom is 0.138 e. The van der Waals surface area contributed by atoms with Gasteiger partial charge in [-0.3, -0.25) is 0 Å². The van der Waals surface area contributed by atoms with E-state index >= 15 is 0 Å². The van der Waals surface area contributed by atoms with E-state index < -0.39 is 0 Å². The number of nitrogens with zero attached hydrogens (tertiary/aromatic N) is 2. The van der Waals surface area contributed by atoms with Crippen LogP contribution in [-0.4, -0.2) is 42.4 Å². The summed E-state index contributed by atoms with van der Waals surface area (Å²) in [4.78, 5) is 2.24. The lowest BCUT2D eigenvalue weighted by Crippen LogP contribution is -2.24. The molecule has 0 amide bonds. The summed E-state index contributed by atoms with van der Waals surface area (Å²) < 4.78 is 6.41. The normalized spacial score (nSPS) is 19.3. The Morgan fingerprint density at radius 2 is 2.37 bits per heavy atom. The number of hydrogen-bond acceptors (Lipinski definition) is 4. The van der Waals surface area contributed by atoms with Crippen LogP contribution in [0.2, 0.25) is 0 Å². The summed E-state index contributed by atoms with van der Waals surface area (Å²) >= 11 is 3.34. The highest BCUT2D eigenvalue weighted by Gasteiger charge is 2.19. The summed E-state index contributed by atoms with van der Waals surface area (Å²) in [5.74, 6) is 0.623. The second-order valence-electron chi connectivity index (χ2n) is 4.67. The van der Waals surface area contributed by atoms with Crippen LogP contribution >= 0.6 is 15.9 Å². The van der Waals surface area contributed by atoms with E-state index in [-0.39, 0.29) is 6.10 Å². The first-order valence-electron chi connectivity index (χ1n) is 6.42. The Bertz CT molecular complexity index is 473. The molecule has 0 saturated carbocycles. The molecule has 19 heavy (non-hydrogen) atoms. The molecule has 2 rings (SSSR count). The summed E-state index contributed by atoms with van der Waals surface area (Å²) in [5, 5.41) is 18.5. The minimum atomic E-state index is -0.170. The van der Waals surface area contributed by atoms with Crippen molar-refractivity contribution in [2.24, 2.45) is 0 Å². The van der Waals surface area contributed by atoms with Crippen molar-refractivity contribution in [3.8, 4) is 11.8 Å². The number of aliphatic hydroxyl groups is 1. The van der Waals surface area contributed by atoms with Crippen LogP contribution in [0, 0.1) is 11.3 Å². The molecule has 0 bridgehead atoms. The quantitative estimate of drug-likeness (QED) is 0.843. The number of nitriles is 1. The van der Waals surface area contributed by atoms with Crippen LogP contribution in [0.15, 0.2) is 22.7 Å². The van der Waals surface area contributed by atoms with E-state index in [4.69, 9.17) is 10.00 Å². The molecule has 0 aromatic heterocycles. The van der Waals surface area contributed by atoms with E-state index in [0.29, 0.717) is 17.9 Å². The van der Waals surface area contributed by atoms with Gasteiger partial charge in [0.2, 0.25) is 0 Å². The van der Waals surface area contributed by atoms with Crippen LogP contribution in [0.1, 0.15) is 18.4 Å². The van der Waals surface area contributed by atoms with Gasteiger partial charge in [-0.25, -0.2) is 0 Å².